The maximum Gasteiger partial charge on any atom is 0.0589 e. The molecule has 0 amide bonds. The zero-order valence-corrected chi connectivity index (χ0v) is 12.2. The molecule has 1 heterocycles. The van der Waals surface area contributed by atoms with Gasteiger partial charge in [0.15, 0.2) is 0 Å². The Bertz CT molecular complexity index is 375. The van der Waals surface area contributed by atoms with Crippen LogP contribution in [0.3, 0.4) is 0 Å². The van der Waals surface area contributed by atoms with Gasteiger partial charge in [0.25, 0.3) is 0 Å². The van der Waals surface area contributed by atoms with Gasteiger partial charge in [-0.15, -0.1) is 0 Å². The number of ether oxygens (including phenoxy) is 1. The minimum absolute atomic E-state index is 0.654. The van der Waals surface area contributed by atoms with Crippen LogP contribution < -0.4 is 5.32 Å². The molecule has 0 spiro atoms. The lowest BCUT2D eigenvalue weighted by Gasteiger charge is -2.25. The summed E-state index contributed by atoms with van der Waals surface area (Å²) in [6.45, 7) is 7.27. The van der Waals surface area contributed by atoms with Crippen LogP contribution in [0, 0.1) is 6.92 Å². The van der Waals surface area contributed by atoms with Gasteiger partial charge in [0.05, 0.1) is 6.61 Å². The van der Waals surface area contributed by atoms with E-state index >= 15 is 0 Å². The molecule has 1 aromatic rings. The van der Waals surface area contributed by atoms with Gasteiger partial charge < -0.3 is 10.1 Å². The number of hydrogen-bond donors (Lipinski definition) is 1. The van der Waals surface area contributed by atoms with Crippen molar-refractivity contribution in [3.8, 4) is 0 Å². The van der Waals surface area contributed by atoms with Crippen molar-refractivity contribution in [1.29, 1.82) is 0 Å². The third kappa shape index (κ3) is 4.94. The maximum absolute atomic E-state index is 5.24. The zero-order valence-electron chi connectivity index (χ0n) is 12.2. The van der Waals surface area contributed by atoms with E-state index in [9.17, 15) is 0 Å². The van der Waals surface area contributed by atoms with Gasteiger partial charge in [-0.25, -0.2) is 0 Å². The van der Waals surface area contributed by atoms with E-state index in [1.54, 1.807) is 7.11 Å². The minimum atomic E-state index is 0.654. The van der Waals surface area contributed by atoms with Crippen LogP contribution in [0.5, 0.6) is 0 Å². The molecule has 1 aliphatic rings. The van der Waals surface area contributed by atoms with Crippen LogP contribution in [0.1, 0.15) is 24.0 Å². The average molecular weight is 262 g/mol. The molecule has 1 saturated heterocycles. The fraction of sp³-hybridized carbons (Fsp3) is 0.625. The first kappa shape index (κ1) is 14.5. The fourth-order valence-electron chi connectivity index (χ4n) is 2.75. The van der Waals surface area contributed by atoms with Gasteiger partial charge in [0.1, 0.15) is 0 Å². The molecule has 3 nitrogen and oxygen atoms in total. The Labute approximate surface area is 116 Å². The molecule has 0 bridgehead atoms. The summed E-state index contributed by atoms with van der Waals surface area (Å²) in [5.74, 6) is 0. The van der Waals surface area contributed by atoms with Crippen LogP contribution >= 0.6 is 0 Å². The van der Waals surface area contributed by atoms with Crippen molar-refractivity contribution in [1.82, 2.24) is 10.2 Å². The van der Waals surface area contributed by atoms with Crippen LogP contribution in [-0.4, -0.2) is 44.3 Å². The summed E-state index contributed by atoms with van der Waals surface area (Å²) in [6, 6.07) is 9.45. The Hall–Kier alpha value is -0.900. The van der Waals surface area contributed by atoms with Gasteiger partial charge in [-0.05, 0) is 31.9 Å². The summed E-state index contributed by atoms with van der Waals surface area (Å²) in [7, 11) is 1.78. The fourth-order valence-corrected chi connectivity index (χ4v) is 2.75. The zero-order chi connectivity index (χ0) is 13.5. The Morgan fingerprint density at radius 1 is 1.42 bits per heavy atom. The quantitative estimate of drug-likeness (QED) is 0.815. The molecule has 1 unspecified atom stereocenters. The minimum Gasteiger partial charge on any atom is -0.383 e. The molecule has 1 atom stereocenters. The number of aryl methyl sites for hydroxylation is 1. The van der Waals surface area contributed by atoms with Crippen molar-refractivity contribution >= 4 is 0 Å². The highest BCUT2D eigenvalue weighted by Gasteiger charge is 2.17. The predicted molar refractivity (Wildman–Crippen MR) is 79.4 cm³/mol. The molecule has 3 heteroatoms. The van der Waals surface area contributed by atoms with E-state index in [0.717, 1.165) is 26.2 Å². The van der Waals surface area contributed by atoms with Gasteiger partial charge in [-0.3, -0.25) is 4.90 Å². The summed E-state index contributed by atoms with van der Waals surface area (Å²) < 4.78 is 5.24. The number of benzene rings is 1. The van der Waals surface area contributed by atoms with Crippen molar-refractivity contribution in [2.75, 3.05) is 33.4 Å². The number of hydrogen-bond acceptors (Lipinski definition) is 3. The first-order valence-electron chi connectivity index (χ1n) is 7.28. The van der Waals surface area contributed by atoms with Crippen molar-refractivity contribution in [3.63, 3.8) is 0 Å². The molecule has 1 N–H and O–H groups in total. The summed E-state index contributed by atoms with van der Waals surface area (Å²) in [5.41, 5.74) is 2.73. The smallest absolute Gasteiger partial charge is 0.0589 e. The van der Waals surface area contributed by atoms with Gasteiger partial charge in [0.2, 0.25) is 0 Å². The van der Waals surface area contributed by atoms with E-state index in [-0.39, 0.29) is 0 Å². The topological polar surface area (TPSA) is 24.5 Å². The maximum atomic E-state index is 5.24. The Kier molecular flexibility index (Phi) is 5.83. The van der Waals surface area contributed by atoms with Crippen LogP contribution in [0.15, 0.2) is 24.3 Å². The van der Waals surface area contributed by atoms with Crippen LogP contribution in [-0.2, 0) is 11.3 Å². The van der Waals surface area contributed by atoms with E-state index in [2.05, 4.69) is 41.4 Å². The lowest BCUT2D eigenvalue weighted by atomic mass is 10.1. The molecule has 1 aliphatic heterocycles. The SMILES string of the molecule is COCCN(Cc1cccc(C)c1)CC1CCCN1. The van der Waals surface area contributed by atoms with Crippen molar-refractivity contribution < 1.29 is 4.74 Å². The van der Waals surface area contributed by atoms with Crippen molar-refractivity contribution in [2.45, 2.75) is 32.4 Å². The van der Waals surface area contributed by atoms with Crippen molar-refractivity contribution in [3.05, 3.63) is 35.4 Å². The van der Waals surface area contributed by atoms with Gasteiger partial charge in [-0.1, -0.05) is 29.8 Å². The highest BCUT2D eigenvalue weighted by atomic mass is 16.5. The standard InChI is InChI=1S/C16H26N2O/c1-14-5-3-6-15(11-14)12-18(9-10-19-2)13-16-7-4-8-17-16/h3,5-6,11,16-17H,4,7-10,12-13H2,1-2H3. The first-order valence-corrected chi connectivity index (χ1v) is 7.28. The molecule has 0 aromatic heterocycles. The highest BCUT2D eigenvalue weighted by Crippen LogP contribution is 2.11. The van der Waals surface area contributed by atoms with E-state index in [1.807, 2.05) is 0 Å². The average Bonchev–Trinajstić information content (AvgIpc) is 2.89. The second-order valence-corrected chi connectivity index (χ2v) is 5.51. The first-order chi connectivity index (χ1) is 9.28. The normalized spacial score (nSPS) is 19.2. The Morgan fingerprint density at radius 3 is 3.00 bits per heavy atom. The Morgan fingerprint density at radius 2 is 2.32 bits per heavy atom. The van der Waals surface area contributed by atoms with Crippen LogP contribution in [0.4, 0.5) is 0 Å². The van der Waals surface area contributed by atoms with Gasteiger partial charge >= 0.3 is 0 Å². The lowest BCUT2D eigenvalue weighted by molar-refractivity contribution is 0.138. The van der Waals surface area contributed by atoms with E-state index in [4.69, 9.17) is 4.74 Å². The number of rotatable bonds is 7. The molecular weight excluding hydrogens is 236 g/mol. The molecule has 19 heavy (non-hydrogen) atoms. The van der Waals surface area contributed by atoms with Gasteiger partial charge in [-0.2, -0.15) is 0 Å². The monoisotopic (exact) mass is 262 g/mol. The lowest BCUT2D eigenvalue weighted by Crippen LogP contribution is -2.38. The van der Waals surface area contributed by atoms with E-state index < -0.39 is 0 Å². The molecular formula is C16H26N2O. The van der Waals surface area contributed by atoms with Gasteiger partial charge in [0, 0.05) is 32.8 Å². The van der Waals surface area contributed by atoms with Crippen LogP contribution in [0.2, 0.25) is 0 Å². The second-order valence-electron chi connectivity index (χ2n) is 5.51. The summed E-state index contributed by atoms with van der Waals surface area (Å²) in [4.78, 5) is 2.50. The molecule has 0 aliphatic carbocycles. The predicted octanol–water partition coefficient (Wildman–Crippen LogP) is 2.20. The molecule has 1 aromatic carbocycles. The second kappa shape index (κ2) is 7.63. The number of nitrogens with zero attached hydrogens (tertiary/aromatic N) is 1. The number of methoxy groups -OCH3 is 1. The van der Waals surface area contributed by atoms with Crippen LogP contribution in [0.25, 0.3) is 0 Å². The molecule has 1 fully saturated rings. The molecule has 0 radical (unpaired) electrons. The summed E-state index contributed by atoms with van der Waals surface area (Å²) in [5, 5.41) is 3.58. The largest absolute Gasteiger partial charge is 0.383 e. The van der Waals surface area contributed by atoms with E-state index in [0.29, 0.717) is 6.04 Å². The molecule has 2 rings (SSSR count). The Balaban J connectivity index is 1.92. The third-order valence-electron chi connectivity index (χ3n) is 3.74. The molecule has 106 valence electrons. The van der Waals surface area contributed by atoms with Crippen molar-refractivity contribution in [2.24, 2.45) is 0 Å². The third-order valence-corrected chi connectivity index (χ3v) is 3.74. The summed E-state index contributed by atoms with van der Waals surface area (Å²) >= 11 is 0. The highest BCUT2D eigenvalue weighted by molar-refractivity contribution is 5.22. The number of nitrogens with one attached hydrogen (secondary N) is 1. The summed E-state index contributed by atoms with van der Waals surface area (Å²) in [6.07, 6.45) is 2.62. The van der Waals surface area contributed by atoms with E-state index in [1.165, 1.54) is 30.5 Å². The molecule has 0 saturated carbocycles.